The number of aliphatic hydroxyl groups excluding tert-OH is 1. The molecule has 0 saturated carbocycles. The first kappa shape index (κ1) is 13.3. The summed E-state index contributed by atoms with van der Waals surface area (Å²) in [6, 6.07) is 13.5. The van der Waals surface area contributed by atoms with E-state index in [4.69, 9.17) is 0 Å². The topological polar surface area (TPSA) is 20.2 Å². The van der Waals surface area contributed by atoms with Crippen molar-refractivity contribution in [2.45, 2.75) is 38.2 Å². The van der Waals surface area contributed by atoms with Crippen LogP contribution in [0.3, 0.4) is 0 Å². The Kier molecular flexibility index (Phi) is 3.58. The van der Waals surface area contributed by atoms with Gasteiger partial charge in [-0.15, -0.1) is 0 Å². The number of halogens is 1. The van der Waals surface area contributed by atoms with Crippen LogP contribution in [0.15, 0.2) is 42.5 Å². The largest absolute Gasteiger partial charge is 0.393 e. The molecule has 0 saturated heterocycles. The first-order valence-corrected chi connectivity index (χ1v) is 7.16. The van der Waals surface area contributed by atoms with Crippen LogP contribution in [-0.2, 0) is 12.8 Å². The minimum Gasteiger partial charge on any atom is -0.393 e. The highest BCUT2D eigenvalue weighted by molar-refractivity contribution is 5.42. The summed E-state index contributed by atoms with van der Waals surface area (Å²) in [4.78, 5) is 0. The molecule has 0 fully saturated rings. The third-order valence-corrected chi connectivity index (χ3v) is 4.14. The van der Waals surface area contributed by atoms with E-state index in [-0.39, 0.29) is 17.8 Å². The van der Waals surface area contributed by atoms with Crippen molar-refractivity contribution >= 4 is 0 Å². The van der Waals surface area contributed by atoms with Crippen LogP contribution >= 0.6 is 0 Å². The van der Waals surface area contributed by atoms with Gasteiger partial charge in [-0.3, -0.25) is 0 Å². The monoisotopic (exact) mass is 270 g/mol. The molecular weight excluding hydrogens is 251 g/mol. The quantitative estimate of drug-likeness (QED) is 0.879. The Morgan fingerprint density at radius 1 is 1.15 bits per heavy atom. The maximum absolute atomic E-state index is 13.5. The maximum Gasteiger partial charge on any atom is 0.123 e. The van der Waals surface area contributed by atoms with Crippen LogP contribution < -0.4 is 0 Å². The second kappa shape index (κ2) is 5.37. The van der Waals surface area contributed by atoms with Crippen molar-refractivity contribution in [3.05, 3.63) is 70.5 Å². The van der Waals surface area contributed by atoms with Gasteiger partial charge in [0.25, 0.3) is 0 Å². The molecule has 0 heterocycles. The summed E-state index contributed by atoms with van der Waals surface area (Å²) < 4.78 is 13.5. The molecule has 2 heteroatoms. The summed E-state index contributed by atoms with van der Waals surface area (Å²) in [5.41, 5.74) is 4.87. The van der Waals surface area contributed by atoms with Gasteiger partial charge in [-0.1, -0.05) is 30.3 Å². The average molecular weight is 270 g/mol. The van der Waals surface area contributed by atoms with Crippen molar-refractivity contribution in [2.75, 3.05) is 0 Å². The van der Waals surface area contributed by atoms with Gasteiger partial charge < -0.3 is 5.11 Å². The Labute approximate surface area is 119 Å². The van der Waals surface area contributed by atoms with Crippen molar-refractivity contribution in [3.8, 4) is 0 Å². The van der Waals surface area contributed by atoms with Crippen molar-refractivity contribution in [1.29, 1.82) is 0 Å². The Balaban J connectivity index is 2.07. The van der Waals surface area contributed by atoms with Crippen LogP contribution in [0, 0.1) is 5.82 Å². The third-order valence-electron chi connectivity index (χ3n) is 4.14. The van der Waals surface area contributed by atoms with Gasteiger partial charge in [0.2, 0.25) is 0 Å². The number of hydrogen-bond donors (Lipinski definition) is 1. The normalized spacial score (nSPS) is 18.9. The summed E-state index contributed by atoms with van der Waals surface area (Å²) in [6.07, 6.45) is 2.02. The minimum absolute atomic E-state index is 0.175. The third kappa shape index (κ3) is 2.61. The molecule has 1 aliphatic rings. The van der Waals surface area contributed by atoms with Gasteiger partial charge in [-0.05, 0) is 66.5 Å². The minimum atomic E-state index is -0.344. The number of benzene rings is 2. The lowest BCUT2D eigenvalue weighted by molar-refractivity contribution is 0.174. The molecule has 0 spiro atoms. The highest BCUT2D eigenvalue weighted by atomic mass is 19.1. The number of fused-ring (bicyclic) bond motifs is 2. The van der Waals surface area contributed by atoms with Crippen LogP contribution in [0.2, 0.25) is 0 Å². The van der Waals surface area contributed by atoms with E-state index in [9.17, 15) is 9.50 Å². The molecule has 0 aliphatic heterocycles. The second-order valence-corrected chi connectivity index (χ2v) is 5.77. The molecule has 1 aliphatic carbocycles. The van der Waals surface area contributed by atoms with Gasteiger partial charge in [0.15, 0.2) is 0 Å². The average Bonchev–Trinajstić information content (AvgIpc) is 2.55. The SMILES string of the molecule is C[C@H](O)CC1Cc2cc(F)ccc2Cc2ccccc21. The molecule has 3 rings (SSSR count). The van der Waals surface area contributed by atoms with Crippen molar-refractivity contribution in [2.24, 2.45) is 0 Å². The van der Waals surface area contributed by atoms with E-state index < -0.39 is 0 Å². The molecule has 2 aromatic rings. The summed E-state index contributed by atoms with van der Waals surface area (Å²) in [6.45, 7) is 1.82. The van der Waals surface area contributed by atoms with Crippen LogP contribution in [0.5, 0.6) is 0 Å². The van der Waals surface area contributed by atoms with Gasteiger partial charge in [0.05, 0.1) is 6.10 Å². The molecule has 1 N–H and O–H groups in total. The van der Waals surface area contributed by atoms with Crippen molar-refractivity contribution < 1.29 is 9.50 Å². The maximum atomic E-state index is 13.5. The summed E-state index contributed by atoms with van der Waals surface area (Å²) in [5, 5.41) is 9.75. The fourth-order valence-corrected chi connectivity index (χ4v) is 3.25. The summed E-state index contributed by atoms with van der Waals surface area (Å²) >= 11 is 0. The molecular formula is C18H19FO. The number of hydrogen-bond acceptors (Lipinski definition) is 1. The lowest BCUT2D eigenvalue weighted by Crippen LogP contribution is -2.11. The van der Waals surface area contributed by atoms with E-state index in [0.29, 0.717) is 6.42 Å². The highest BCUT2D eigenvalue weighted by Crippen LogP contribution is 2.34. The lowest BCUT2D eigenvalue weighted by Gasteiger charge is -2.19. The van der Waals surface area contributed by atoms with Crippen molar-refractivity contribution in [3.63, 3.8) is 0 Å². The van der Waals surface area contributed by atoms with Crippen LogP contribution in [0.4, 0.5) is 4.39 Å². The van der Waals surface area contributed by atoms with Gasteiger partial charge in [-0.25, -0.2) is 4.39 Å². The van der Waals surface area contributed by atoms with E-state index in [0.717, 1.165) is 18.4 Å². The van der Waals surface area contributed by atoms with Gasteiger partial charge in [-0.2, -0.15) is 0 Å². The zero-order valence-electron chi connectivity index (χ0n) is 11.6. The Hall–Kier alpha value is -1.67. The van der Waals surface area contributed by atoms with Crippen LogP contribution in [0.25, 0.3) is 0 Å². The first-order chi connectivity index (χ1) is 9.63. The van der Waals surface area contributed by atoms with E-state index >= 15 is 0 Å². The zero-order chi connectivity index (χ0) is 14.1. The number of aliphatic hydroxyl groups is 1. The Morgan fingerprint density at radius 2 is 1.95 bits per heavy atom. The number of rotatable bonds is 2. The highest BCUT2D eigenvalue weighted by Gasteiger charge is 2.23. The first-order valence-electron chi connectivity index (χ1n) is 7.16. The second-order valence-electron chi connectivity index (χ2n) is 5.77. The Bertz CT molecular complexity index is 619. The molecule has 0 aromatic heterocycles. The van der Waals surface area contributed by atoms with Gasteiger partial charge in [0.1, 0.15) is 5.82 Å². The summed E-state index contributed by atoms with van der Waals surface area (Å²) in [7, 11) is 0. The van der Waals surface area contributed by atoms with E-state index in [1.807, 2.05) is 25.1 Å². The van der Waals surface area contributed by atoms with E-state index in [2.05, 4.69) is 12.1 Å². The molecule has 1 nitrogen and oxygen atoms in total. The molecule has 1 unspecified atom stereocenters. The van der Waals surface area contributed by atoms with Gasteiger partial charge >= 0.3 is 0 Å². The fourth-order valence-electron chi connectivity index (χ4n) is 3.25. The Morgan fingerprint density at radius 3 is 2.75 bits per heavy atom. The molecule has 0 radical (unpaired) electrons. The van der Waals surface area contributed by atoms with E-state index in [1.165, 1.54) is 22.8 Å². The van der Waals surface area contributed by atoms with Crippen molar-refractivity contribution in [1.82, 2.24) is 0 Å². The molecule has 0 bridgehead atoms. The van der Waals surface area contributed by atoms with E-state index in [1.54, 1.807) is 6.07 Å². The standard InChI is InChI=1S/C18H19FO/c1-12(20)8-16-10-15-11-17(19)7-6-13(15)9-14-4-2-3-5-18(14)16/h2-7,11-12,16,20H,8-10H2,1H3/t12-,16?/m0/s1. The molecule has 104 valence electrons. The lowest BCUT2D eigenvalue weighted by atomic mass is 9.87. The molecule has 2 atom stereocenters. The summed E-state index contributed by atoms with van der Waals surface area (Å²) in [5.74, 6) is 0.0831. The predicted octanol–water partition coefficient (Wildman–Crippen LogP) is 3.83. The zero-order valence-corrected chi connectivity index (χ0v) is 11.6. The smallest absolute Gasteiger partial charge is 0.123 e. The predicted molar refractivity (Wildman–Crippen MR) is 78.4 cm³/mol. The van der Waals surface area contributed by atoms with Crippen LogP contribution in [-0.4, -0.2) is 11.2 Å². The molecule has 2 aromatic carbocycles. The molecule has 0 amide bonds. The van der Waals surface area contributed by atoms with Crippen LogP contribution in [0.1, 0.15) is 41.5 Å². The fraction of sp³-hybridized carbons (Fsp3) is 0.333. The molecule has 20 heavy (non-hydrogen) atoms. The van der Waals surface area contributed by atoms with Gasteiger partial charge in [0, 0.05) is 0 Å².